The molecule has 1 aliphatic rings. The van der Waals surface area contributed by atoms with Crippen LogP contribution in [0.2, 0.25) is 0 Å². The zero-order valence-electron chi connectivity index (χ0n) is 18.8. The summed E-state index contributed by atoms with van der Waals surface area (Å²) in [5, 5.41) is 11.9. The van der Waals surface area contributed by atoms with Crippen molar-refractivity contribution in [2.45, 2.75) is 30.7 Å². The van der Waals surface area contributed by atoms with E-state index >= 15 is 0 Å². The van der Waals surface area contributed by atoms with E-state index in [1.807, 2.05) is 37.3 Å². The van der Waals surface area contributed by atoms with Gasteiger partial charge in [-0.25, -0.2) is 8.42 Å². The minimum Gasteiger partial charge on any atom is -0.494 e. The second kappa shape index (κ2) is 10.1. The average molecular weight is 476 g/mol. The van der Waals surface area contributed by atoms with Crippen LogP contribution in [0.4, 0.5) is 5.69 Å². The molecule has 0 fully saturated rings. The molecule has 1 aliphatic heterocycles. The van der Waals surface area contributed by atoms with Crippen molar-refractivity contribution in [3.05, 3.63) is 89.5 Å². The Kier molecular flexibility index (Phi) is 6.96. The number of amides is 1. The minimum absolute atomic E-state index is 0.0515. The van der Waals surface area contributed by atoms with Crippen molar-refractivity contribution >= 4 is 21.6 Å². The molecule has 4 rings (SSSR count). The third-order valence-electron chi connectivity index (χ3n) is 5.76. The maximum Gasteiger partial charge on any atom is 0.243 e. The molecular formula is C26H25N3O4S. The molecule has 3 aromatic rings. The largest absolute Gasteiger partial charge is 0.494 e. The van der Waals surface area contributed by atoms with Gasteiger partial charge in [0.15, 0.2) is 0 Å². The fraction of sp³-hybridized carbons (Fsp3) is 0.231. The molecule has 0 saturated carbocycles. The van der Waals surface area contributed by atoms with Crippen LogP contribution in [-0.4, -0.2) is 31.8 Å². The van der Waals surface area contributed by atoms with E-state index in [0.717, 1.165) is 11.1 Å². The maximum absolute atomic E-state index is 13.6. The number of rotatable bonds is 7. The van der Waals surface area contributed by atoms with Gasteiger partial charge in [-0.1, -0.05) is 30.3 Å². The van der Waals surface area contributed by atoms with E-state index < -0.39 is 16.1 Å². The Morgan fingerprint density at radius 3 is 2.62 bits per heavy atom. The molecule has 1 N–H and O–H groups in total. The number of benzene rings is 3. The number of nitrogens with zero attached hydrogens (tertiary/aromatic N) is 2. The van der Waals surface area contributed by atoms with E-state index in [1.165, 1.54) is 16.4 Å². The van der Waals surface area contributed by atoms with E-state index in [9.17, 15) is 13.2 Å². The monoisotopic (exact) mass is 475 g/mol. The summed E-state index contributed by atoms with van der Waals surface area (Å²) in [6, 6.07) is 22.0. The van der Waals surface area contributed by atoms with Gasteiger partial charge in [0.05, 0.1) is 29.2 Å². The van der Waals surface area contributed by atoms with Gasteiger partial charge >= 0.3 is 0 Å². The van der Waals surface area contributed by atoms with Gasteiger partial charge in [-0.3, -0.25) is 4.79 Å². The molecule has 0 aliphatic carbocycles. The molecule has 7 nitrogen and oxygen atoms in total. The van der Waals surface area contributed by atoms with Gasteiger partial charge in [-0.2, -0.15) is 9.57 Å². The lowest BCUT2D eigenvalue weighted by atomic mass is 9.92. The Balaban J connectivity index is 1.63. The molecular weight excluding hydrogens is 450 g/mol. The zero-order chi connectivity index (χ0) is 24.1. The molecule has 1 atom stereocenters. The number of anilines is 1. The van der Waals surface area contributed by atoms with Gasteiger partial charge in [0, 0.05) is 18.7 Å². The Morgan fingerprint density at radius 2 is 1.88 bits per heavy atom. The fourth-order valence-corrected chi connectivity index (χ4v) is 5.80. The molecule has 0 saturated heterocycles. The van der Waals surface area contributed by atoms with Gasteiger partial charge in [0.1, 0.15) is 5.75 Å². The minimum atomic E-state index is -3.86. The Morgan fingerprint density at radius 1 is 1.12 bits per heavy atom. The molecule has 3 aromatic carbocycles. The summed E-state index contributed by atoms with van der Waals surface area (Å²) < 4.78 is 34.1. The number of carbonyl (C=O) groups excluding carboxylic acids is 1. The SMILES string of the molecule is CCOc1ccc(S(=O)(=O)N2CCc3ccccc3[C@@H]2CC(=O)Nc2cccc(C#N)c2)cc1. The molecule has 0 spiro atoms. The molecule has 8 heteroatoms. The predicted octanol–water partition coefficient (Wildman–Crippen LogP) is 4.27. The lowest BCUT2D eigenvalue weighted by Crippen LogP contribution is -2.41. The summed E-state index contributed by atoms with van der Waals surface area (Å²) in [5.74, 6) is 0.268. The lowest BCUT2D eigenvalue weighted by molar-refractivity contribution is -0.117. The second-order valence-electron chi connectivity index (χ2n) is 7.93. The van der Waals surface area contributed by atoms with E-state index in [4.69, 9.17) is 10.00 Å². The quantitative estimate of drug-likeness (QED) is 0.550. The van der Waals surface area contributed by atoms with E-state index in [-0.39, 0.29) is 23.8 Å². The first kappa shape index (κ1) is 23.5. The highest BCUT2D eigenvalue weighted by molar-refractivity contribution is 7.89. The van der Waals surface area contributed by atoms with Crippen molar-refractivity contribution in [1.82, 2.24) is 4.31 Å². The molecule has 1 amide bonds. The highest BCUT2D eigenvalue weighted by Gasteiger charge is 2.37. The van der Waals surface area contributed by atoms with Crippen LogP contribution in [0.25, 0.3) is 0 Å². The van der Waals surface area contributed by atoms with Gasteiger partial charge in [0.2, 0.25) is 15.9 Å². The van der Waals surface area contributed by atoms with Gasteiger partial charge in [-0.05, 0) is 66.9 Å². The molecule has 34 heavy (non-hydrogen) atoms. The van der Waals surface area contributed by atoms with E-state index in [0.29, 0.717) is 30.0 Å². The first-order chi connectivity index (χ1) is 16.4. The van der Waals surface area contributed by atoms with Gasteiger partial charge in [0.25, 0.3) is 0 Å². The molecule has 1 heterocycles. The first-order valence-corrected chi connectivity index (χ1v) is 12.5. The molecule has 0 aromatic heterocycles. The standard InChI is InChI=1S/C26H25N3O4S/c1-2-33-22-10-12-23(13-11-22)34(31,32)29-15-14-20-7-3-4-9-24(20)25(29)17-26(30)28-21-8-5-6-19(16-21)18-27/h3-13,16,25H,2,14-15,17H2,1H3,(H,28,30)/t25-/m0/s1. The van der Waals surface area contributed by atoms with Crippen molar-refractivity contribution in [3.63, 3.8) is 0 Å². The third kappa shape index (κ3) is 4.96. The zero-order valence-corrected chi connectivity index (χ0v) is 19.6. The Hall–Kier alpha value is -3.67. The highest BCUT2D eigenvalue weighted by atomic mass is 32.2. The summed E-state index contributed by atoms with van der Waals surface area (Å²) in [6.07, 6.45) is 0.513. The summed E-state index contributed by atoms with van der Waals surface area (Å²) >= 11 is 0. The summed E-state index contributed by atoms with van der Waals surface area (Å²) in [4.78, 5) is 13.1. The molecule has 0 unspecified atom stereocenters. The lowest BCUT2D eigenvalue weighted by Gasteiger charge is -2.36. The molecule has 0 bridgehead atoms. The fourth-order valence-electron chi connectivity index (χ4n) is 4.19. The average Bonchev–Trinajstić information content (AvgIpc) is 2.84. The van der Waals surface area contributed by atoms with Crippen molar-refractivity contribution in [2.24, 2.45) is 0 Å². The topological polar surface area (TPSA) is 99.5 Å². The van der Waals surface area contributed by atoms with Crippen LogP contribution in [0, 0.1) is 11.3 Å². The summed E-state index contributed by atoms with van der Waals surface area (Å²) in [7, 11) is -3.86. The number of nitrogens with one attached hydrogen (secondary N) is 1. The first-order valence-electron chi connectivity index (χ1n) is 11.0. The maximum atomic E-state index is 13.6. The number of nitriles is 1. The highest BCUT2D eigenvalue weighted by Crippen LogP contribution is 2.36. The van der Waals surface area contributed by atoms with Crippen LogP contribution in [0.1, 0.15) is 36.1 Å². The summed E-state index contributed by atoms with van der Waals surface area (Å²) in [5.41, 5.74) is 2.78. The third-order valence-corrected chi connectivity index (χ3v) is 7.68. The van der Waals surface area contributed by atoms with Crippen LogP contribution in [0.5, 0.6) is 5.75 Å². The smallest absolute Gasteiger partial charge is 0.243 e. The molecule has 0 radical (unpaired) electrons. The van der Waals surface area contributed by atoms with Crippen LogP contribution in [0.3, 0.4) is 0 Å². The number of hydrogen-bond donors (Lipinski definition) is 1. The van der Waals surface area contributed by atoms with Crippen LogP contribution >= 0.6 is 0 Å². The van der Waals surface area contributed by atoms with Crippen LogP contribution < -0.4 is 10.1 Å². The Bertz CT molecular complexity index is 1330. The number of fused-ring (bicyclic) bond motifs is 1. The number of carbonyl (C=O) groups is 1. The normalized spacial score (nSPS) is 15.7. The number of sulfonamides is 1. The van der Waals surface area contributed by atoms with Crippen molar-refractivity contribution in [3.8, 4) is 11.8 Å². The van der Waals surface area contributed by atoms with Crippen LogP contribution in [-0.2, 0) is 21.2 Å². The summed E-state index contributed by atoms with van der Waals surface area (Å²) in [6.45, 7) is 2.62. The predicted molar refractivity (Wildman–Crippen MR) is 129 cm³/mol. The Labute approximate surface area is 199 Å². The van der Waals surface area contributed by atoms with Crippen molar-refractivity contribution < 1.29 is 17.9 Å². The van der Waals surface area contributed by atoms with Gasteiger partial charge < -0.3 is 10.1 Å². The second-order valence-corrected chi connectivity index (χ2v) is 9.82. The number of hydrogen-bond acceptors (Lipinski definition) is 5. The number of ether oxygens (including phenoxy) is 1. The van der Waals surface area contributed by atoms with Crippen LogP contribution in [0.15, 0.2) is 77.7 Å². The molecule has 174 valence electrons. The van der Waals surface area contributed by atoms with E-state index in [2.05, 4.69) is 5.32 Å². The van der Waals surface area contributed by atoms with Crippen molar-refractivity contribution in [1.29, 1.82) is 5.26 Å². The van der Waals surface area contributed by atoms with Crippen molar-refractivity contribution in [2.75, 3.05) is 18.5 Å². The van der Waals surface area contributed by atoms with Gasteiger partial charge in [-0.15, -0.1) is 0 Å². The van der Waals surface area contributed by atoms with E-state index in [1.54, 1.807) is 36.4 Å².